The maximum Gasteiger partial charge on any atom is 0.235 e. The molecule has 6 aromatic carbocycles. The predicted molar refractivity (Wildman–Crippen MR) is 240 cm³/mol. The molecule has 0 fully saturated rings. The van der Waals surface area contributed by atoms with Crippen LogP contribution in [0, 0.1) is 5.92 Å². The molecule has 2 unspecified atom stereocenters. The van der Waals surface area contributed by atoms with Crippen molar-refractivity contribution in [3.63, 3.8) is 0 Å². The van der Waals surface area contributed by atoms with Crippen molar-refractivity contribution in [3.8, 4) is 34.0 Å². The molecule has 0 saturated carbocycles. The van der Waals surface area contributed by atoms with E-state index in [4.69, 9.17) is 9.97 Å². The zero-order valence-corrected chi connectivity index (χ0v) is 31.8. The maximum absolute atomic E-state index is 5.42. The van der Waals surface area contributed by atoms with Gasteiger partial charge in [-0.25, -0.2) is 9.97 Å². The minimum absolute atomic E-state index is 0.0965. The van der Waals surface area contributed by atoms with Crippen LogP contribution in [0.15, 0.2) is 182 Å². The molecule has 0 bridgehead atoms. The predicted octanol–water partition coefficient (Wildman–Crippen LogP) is 13.2. The number of allylic oxidation sites excluding steroid dienone is 6. The van der Waals surface area contributed by atoms with Crippen molar-refractivity contribution in [2.45, 2.75) is 18.8 Å². The molecule has 274 valence electrons. The summed E-state index contributed by atoms with van der Waals surface area (Å²) >= 11 is 0. The average Bonchev–Trinajstić information content (AvgIpc) is 3.82. The minimum Gasteiger partial charge on any atom is -0.309 e. The third-order valence-corrected chi connectivity index (χ3v) is 12.4. The van der Waals surface area contributed by atoms with Crippen molar-refractivity contribution in [2.24, 2.45) is 5.92 Å². The Bertz CT molecular complexity index is 3210. The fourth-order valence-corrected chi connectivity index (χ4v) is 9.61. The van der Waals surface area contributed by atoms with Gasteiger partial charge < -0.3 is 4.57 Å². The number of para-hydroxylation sites is 2. The molecule has 0 saturated heterocycles. The first kappa shape index (κ1) is 32.9. The molecule has 9 aromatic rings. The molecule has 3 heterocycles. The highest BCUT2D eigenvalue weighted by molar-refractivity contribution is 6.10. The van der Waals surface area contributed by atoms with E-state index in [-0.39, 0.29) is 11.8 Å². The monoisotopic (exact) mass is 742 g/mol. The van der Waals surface area contributed by atoms with E-state index in [9.17, 15) is 0 Å². The number of rotatable bonds is 5. The van der Waals surface area contributed by atoms with Gasteiger partial charge in [0.1, 0.15) is 0 Å². The lowest BCUT2D eigenvalue weighted by Crippen LogP contribution is -2.19. The van der Waals surface area contributed by atoms with Gasteiger partial charge in [0.25, 0.3) is 0 Å². The standard InChI is InChI=1S/C54H38N4/c1-3-13-35(14-4-1)36-25-29-41(30-26-36)57-49-21-11-8-17-42(49)44-31-28-40(34-51(44)57)39-24-23-37-27-32-45-43-18-9-12-22-50(43)58(53(45)47(37)33-39)54-55-48-20-10-7-19-46(48)52(56-54)38-15-5-2-6-16-38/h1-9,11-19,21-34,37,47H,10,20H2. The second-order valence-electron chi connectivity index (χ2n) is 15.6. The van der Waals surface area contributed by atoms with Crippen LogP contribution >= 0.6 is 0 Å². The molecule has 0 spiro atoms. The zero-order chi connectivity index (χ0) is 38.2. The summed E-state index contributed by atoms with van der Waals surface area (Å²) in [5, 5.41) is 3.73. The smallest absolute Gasteiger partial charge is 0.235 e. The van der Waals surface area contributed by atoms with Crippen LogP contribution in [-0.4, -0.2) is 19.1 Å². The second-order valence-corrected chi connectivity index (χ2v) is 15.6. The highest BCUT2D eigenvalue weighted by atomic mass is 15.2. The Morgan fingerprint density at radius 2 is 1.16 bits per heavy atom. The van der Waals surface area contributed by atoms with E-state index in [1.807, 2.05) is 0 Å². The third-order valence-electron chi connectivity index (χ3n) is 12.4. The van der Waals surface area contributed by atoms with Gasteiger partial charge >= 0.3 is 0 Å². The lowest BCUT2D eigenvalue weighted by molar-refractivity contribution is 0.656. The summed E-state index contributed by atoms with van der Waals surface area (Å²) in [7, 11) is 0. The molecule has 3 aliphatic carbocycles. The molecular weight excluding hydrogens is 705 g/mol. The van der Waals surface area contributed by atoms with E-state index in [2.05, 4.69) is 203 Å². The SMILES string of the molecule is C1=Cc2c(nc(-n3c4c(c5ccccc53)C=CC3C=CC(c5ccc6c7ccccc7n(-c7ccc(-c8ccccc8)cc7)c6c5)=CC43)nc2-c2ccccc2)CC1. The van der Waals surface area contributed by atoms with Crippen molar-refractivity contribution in [1.29, 1.82) is 0 Å². The van der Waals surface area contributed by atoms with Crippen LogP contribution in [0.5, 0.6) is 0 Å². The molecule has 4 heteroatoms. The first-order valence-electron chi connectivity index (χ1n) is 20.3. The Balaban J connectivity index is 1.02. The van der Waals surface area contributed by atoms with Crippen molar-refractivity contribution in [1.82, 2.24) is 19.1 Å². The van der Waals surface area contributed by atoms with E-state index in [1.54, 1.807) is 0 Å². The topological polar surface area (TPSA) is 35.6 Å². The number of hydrogen-bond acceptors (Lipinski definition) is 2. The highest BCUT2D eigenvalue weighted by Crippen LogP contribution is 2.46. The highest BCUT2D eigenvalue weighted by Gasteiger charge is 2.33. The van der Waals surface area contributed by atoms with Gasteiger partial charge in [0.2, 0.25) is 5.95 Å². The Morgan fingerprint density at radius 1 is 0.500 bits per heavy atom. The van der Waals surface area contributed by atoms with Gasteiger partial charge in [0.15, 0.2) is 0 Å². The van der Waals surface area contributed by atoms with Crippen molar-refractivity contribution < 1.29 is 0 Å². The number of aryl methyl sites for hydroxylation is 1. The van der Waals surface area contributed by atoms with Crippen LogP contribution in [0.4, 0.5) is 0 Å². The Morgan fingerprint density at radius 3 is 1.97 bits per heavy atom. The number of fused-ring (bicyclic) bond motifs is 9. The summed E-state index contributed by atoms with van der Waals surface area (Å²) in [6, 6.07) is 54.7. The molecule has 58 heavy (non-hydrogen) atoms. The van der Waals surface area contributed by atoms with Crippen LogP contribution in [0.3, 0.4) is 0 Å². The quantitative estimate of drug-likeness (QED) is 0.176. The van der Waals surface area contributed by atoms with Crippen LogP contribution in [0.25, 0.3) is 84.5 Å². The van der Waals surface area contributed by atoms with Crippen LogP contribution < -0.4 is 0 Å². The van der Waals surface area contributed by atoms with E-state index < -0.39 is 0 Å². The third kappa shape index (κ3) is 5.15. The van der Waals surface area contributed by atoms with Gasteiger partial charge in [0.05, 0.1) is 27.9 Å². The zero-order valence-electron chi connectivity index (χ0n) is 31.8. The fourth-order valence-electron chi connectivity index (χ4n) is 9.61. The summed E-state index contributed by atoms with van der Waals surface area (Å²) in [5.74, 6) is 1.05. The summed E-state index contributed by atoms with van der Waals surface area (Å²) in [6.45, 7) is 0. The van der Waals surface area contributed by atoms with E-state index in [0.29, 0.717) is 0 Å². The van der Waals surface area contributed by atoms with Gasteiger partial charge in [-0.2, -0.15) is 0 Å². The molecule has 3 aliphatic rings. The van der Waals surface area contributed by atoms with Gasteiger partial charge in [-0.3, -0.25) is 4.57 Å². The fraction of sp³-hybridized carbons (Fsp3) is 0.0741. The first-order chi connectivity index (χ1) is 28.8. The van der Waals surface area contributed by atoms with Crippen LogP contribution in [-0.2, 0) is 6.42 Å². The van der Waals surface area contributed by atoms with Gasteiger partial charge in [-0.15, -0.1) is 0 Å². The second kappa shape index (κ2) is 13.1. The maximum atomic E-state index is 5.42. The largest absolute Gasteiger partial charge is 0.309 e. The normalized spacial score (nSPS) is 16.7. The molecule has 4 nitrogen and oxygen atoms in total. The molecule has 12 rings (SSSR count). The summed E-state index contributed by atoms with van der Waals surface area (Å²) in [4.78, 5) is 10.8. The van der Waals surface area contributed by atoms with Crippen molar-refractivity contribution >= 4 is 50.4 Å². The first-order valence-corrected chi connectivity index (χ1v) is 20.3. The number of aromatic nitrogens is 4. The lowest BCUT2D eigenvalue weighted by Gasteiger charge is -2.29. The van der Waals surface area contributed by atoms with E-state index >= 15 is 0 Å². The van der Waals surface area contributed by atoms with E-state index in [0.717, 1.165) is 52.5 Å². The van der Waals surface area contributed by atoms with Gasteiger partial charge in [-0.1, -0.05) is 164 Å². The van der Waals surface area contributed by atoms with Crippen LogP contribution in [0.1, 0.15) is 40.4 Å². The van der Waals surface area contributed by atoms with Gasteiger partial charge in [0, 0.05) is 56.1 Å². The Labute approximate surface area is 337 Å². The lowest BCUT2D eigenvalue weighted by atomic mass is 9.77. The summed E-state index contributed by atoms with van der Waals surface area (Å²) < 4.78 is 4.79. The number of benzene rings is 6. The Hall–Kier alpha value is -7.30. The van der Waals surface area contributed by atoms with Crippen molar-refractivity contribution in [3.05, 3.63) is 210 Å². The molecular formula is C54H38N4. The molecule has 0 N–H and O–H groups in total. The molecule has 0 radical (unpaired) electrons. The van der Waals surface area contributed by atoms with Gasteiger partial charge in [-0.05, 0) is 65.4 Å². The minimum atomic E-state index is 0.0965. The van der Waals surface area contributed by atoms with Crippen molar-refractivity contribution in [2.75, 3.05) is 0 Å². The number of nitrogens with zero attached hydrogens (tertiary/aromatic N) is 4. The average molecular weight is 743 g/mol. The molecule has 0 amide bonds. The summed E-state index contributed by atoms with van der Waals surface area (Å²) in [5.41, 5.74) is 16.4. The molecule has 2 atom stereocenters. The Kier molecular flexibility index (Phi) is 7.45. The molecule has 0 aliphatic heterocycles. The van der Waals surface area contributed by atoms with E-state index in [1.165, 1.54) is 60.7 Å². The molecule has 3 aromatic heterocycles. The summed E-state index contributed by atoms with van der Waals surface area (Å²) in [6.07, 6.45) is 18.2. The number of hydrogen-bond donors (Lipinski definition) is 0. The van der Waals surface area contributed by atoms with Crippen LogP contribution in [0.2, 0.25) is 0 Å².